The number of anilines is 2. The van der Waals surface area contributed by atoms with Crippen molar-refractivity contribution < 1.29 is 9.90 Å². The third kappa shape index (κ3) is 4.89. The zero-order valence-electron chi connectivity index (χ0n) is 15.0. The number of rotatable bonds is 5. The molecule has 0 saturated heterocycles. The second-order valence-corrected chi connectivity index (χ2v) is 7.47. The van der Waals surface area contributed by atoms with Gasteiger partial charge in [-0.25, -0.2) is 9.97 Å². The first kappa shape index (κ1) is 19.9. The number of carbonyl (C=O) groups excluding carboxylic acids is 1. The van der Waals surface area contributed by atoms with Gasteiger partial charge >= 0.3 is 0 Å². The molecule has 1 heterocycles. The third-order valence-electron chi connectivity index (χ3n) is 4.91. The summed E-state index contributed by atoms with van der Waals surface area (Å²) in [5.41, 5.74) is 1.02. The minimum atomic E-state index is -0.865. The quantitative estimate of drug-likeness (QED) is 0.572. The third-order valence-corrected chi connectivity index (χ3v) is 5.42. The molecule has 1 aromatic heterocycles. The number of aliphatic hydroxyl groups excluding tert-OH is 1. The maximum Gasteiger partial charge on any atom is 0.254 e. The average Bonchev–Trinajstić information content (AvgIpc) is 2.68. The fourth-order valence-corrected chi connectivity index (χ4v) is 3.67. The lowest BCUT2D eigenvalue weighted by Gasteiger charge is -2.27. The van der Waals surface area contributed by atoms with Crippen LogP contribution in [0.5, 0.6) is 0 Å². The van der Waals surface area contributed by atoms with Crippen molar-refractivity contribution in [2.45, 2.75) is 38.3 Å². The highest BCUT2D eigenvalue weighted by Crippen LogP contribution is 2.28. The van der Waals surface area contributed by atoms with Gasteiger partial charge < -0.3 is 15.3 Å². The van der Waals surface area contributed by atoms with Crippen molar-refractivity contribution in [3.05, 3.63) is 46.3 Å². The molecule has 1 amide bonds. The van der Waals surface area contributed by atoms with Crippen LogP contribution in [-0.2, 0) is 0 Å². The van der Waals surface area contributed by atoms with E-state index in [0.29, 0.717) is 22.1 Å². The van der Waals surface area contributed by atoms with E-state index in [-0.39, 0.29) is 11.2 Å². The molecule has 0 spiro atoms. The van der Waals surface area contributed by atoms with Crippen molar-refractivity contribution in [1.82, 2.24) is 15.3 Å². The minimum absolute atomic E-state index is 0.0930. The lowest BCUT2D eigenvalue weighted by molar-refractivity contribution is 0.0463. The topological polar surface area (TPSA) is 78.4 Å². The van der Waals surface area contributed by atoms with Crippen LogP contribution in [0.3, 0.4) is 0 Å². The molecule has 27 heavy (non-hydrogen) atoms. The first-order chi connectivity index (χ1) is 13.0. The predicted molar refractivity (Wildman–Crippen MR) is 107 cm³/mol. The Morgan fingerprint density at radius 1 is 1.26 bits per heavy atom. The van der Waals surface area contributed by atoms with E-state index in [1.807, 2.05) is 0 Å². The summed E-state index contributed by atoms with van der Waals surface area (Å²) in [6.07, 6.45) is 5.89. The Balaban J connectivity index is 1.77. The molecule has 1 unspecified atom stereocenters. The number of nitrogens with zero attached hydrogens (tertiary/aromatic N) is 3. The largest absolute Gasteiger partial charge is 0.373 e. The molecule has 3 rings (SSSR count). The van der Waals surface area contributed by atoms with Crippen molar-refractivity contribution in [1.29, 1.82) is 0 Å². The van der Waals surface area contributed by atoms with E-state index in [0.717, 1.165) is 25.7 Å². The Labute approximate surface area is 168 Å². The lowest BCUT2D eigenvalue weighted by atomic mass is 9.88. The van der Waals surface area contributed by atoms with Gasteiger partial charge in [0.05, 0.1) is 10.6 Å². The summed E-state index contributed by atoms with van der Waals surface area (Å²) in [5, 5.41) is 13.5. The molecule has 1 atom stereocenters. The fraction of sp³-hybridized carbons (Fsp3) is 0.421. The van der Waals surface area contributed by atoms with Crippen LogP contribution in [0.2, 0.25) is 10.3 Å². The SMILES string of the molecule is CN(c1ccc(Cl)c(C(=O)NC(O)C2CCCCC2)c1)c1ccnc(Cl)n1. The molecule has 0 aliphatic heterocycles. The van der Waals surface area contributed by atoms with Gasteiger partial charge in [-0.1, -0.05) is 30.9 Å². The molecule has 1 fully saturated rings. The van der Waals surface area contributed by atoms with Gasteiger partial charge in [0.1, 0.15) is 12.0 Å². The number of carbonyl (C=O) groups is 1. The molecule has 2 aromatic rings. The molecule has 1 aromatic carbocycles. The summed E-state index contributed by atoms with van der Waals surface area (Å²) in [6, 6.07) is 6.82. The molecular formula is C19H22Cl2N4O2. The maximum atomic E-state index is 12.7. The number of hydrogen-bond donors (Lipinski definition) is 2. The van der Waals surface area contributed by atoms with E-state index in [2.05, 4.69) is 15.3 Å². The maximum absolute atomic E-state index is 12.7. The van der Waals surface area contributed by atoms with E-state index < -0.39 is 12.1 Å². The summed E-state index contributed by atoms with van der Waals surface area (Å²) < 4.78 is 0. The first-order valence-corrected chi connectivity index (χ1v) is 9.72. The number of halogens is 2. The summed E-state index contributed by atoms with van der Waals surface area (Å²) >= 11 is 12.1. The molecule has 1 aliphatic carbocycles. The van der Waals surface area contributed by atoms with Crippen LogP contribution in [0.15, 0.2) is 30.5 Å². The molecular weight excluding hydrogens is 387 g/mol. The molecule has 0 radical (unpaired) electrons. The second kappa shape index (κ2) is 8.87. The van der Waals surface area contributed by atoms with E-state index in [1.165, 1.54) is 6.42 Å². The van der Waals surface area contributed by atoms with Gasteiger partial charge in [-0.3, -0.25) is 4.79 Å². The van der Waals surface area contributed by atoms with Gasteiger partial charge in [-0.15, -0.1) is 0 Å². The van der Waals surface area contributed by atoms with E-state index in [9.17, 15) is 9.90 Å². The zero-order valence-corrected chi connectivity index (χ0v) is 16.5. The molecule has 1 aliphatic rings. The highest BCUT2D eigenvalue weighted by atomic mass is 35.5. The Morgan fingerprint density at radius 3 is 2.70 bits per heavy atom. The second-order valence-electron chi connectivity index (χ2n) is 6.72. The van der Waals surface area contributed by atoms with Crippen molar-refractivity contribution in [3.8, 4) is 0 Å². The van der Waals surface area contributed by atoms with Crippen molar-refractivity contribution in [2.75, 3.05) is 11.9 Å². The van der Waals surface area contributed by atoms with Crippen LogP contribution in [-0.4, -0.2) is 34.3 Å². The van der Waals surface area contributed by atoms with Gasteiger partial charge in [0.2, 0.25) is 5.28 Å². The lowest BCUT2D eigenvalue weighted by Crippen LogP contribution is -2.41. The monoisotopic (exact) mass is 408 g/mol. The van der Waals surface area contributed by atoms with Gasteiger partial charge in [0.25, 0.3) is 5.91 Å². The van der Waals surface area contributed by atoms with Gasteiger partial charge in [0.15, 0.2) is 0 Å². The minimum Gasteiger partial charge on any atom is -0.373 e. The van der Waals surface area contributed by atoms with Crippen LogP contribution in [0, 0.1) is 5.92 Å². The summed E-state index contributed by atoms with van der Waals surface area (Å²) in [7, 11) is 1.81. The molecule has 144 valence electrons. The van der Waals surface area contributed by atoms with E-state index in [4.69, 9.17) is 23.2 Å². The van der Waals surface area contributed by atoms with Gasteiger partial charge in [-0.2, -0.15) is 0 Å². The van der Waals surface area contributed by atoms with Crippen molar-refractivity contribution >= 4 is 40.6 Å². The first-order valence-electron chi connectivity index (χ1n) is 8.96. The number of aromatic nitrogens is 2. The van der Waals surface area contributed by atoms with Gasteiger partial charge in [-0.05, 0) is 48.7 Å². The van der Waals surface area contributed by atoms with Crippen LogP contribution in [0.4, 0.5) is 11.5 Å². The molecule has 2 N–H and O–H groups in total. The normalized spacial score (nSPS) is 16.0. The number of hydrogen-bond acceptors (Lipinski definition) is 5. The number of aliphatic hydroxyl groups is 1. The Hall–Kier alpha value is -1.89. The number of amides is 1. The number of benzene rings is 1. The molecule has 6 nitrogen and oxygen atoms in total. The molecule has 8 heteroatoms. The van der Waals surface area contributed by atoms with E-state index >= 15 is 0 Å². The van der Waals surface area contributed by atoms with Crippen molar-refractivity contribution in [3.63, 3.8) is 0 Å². The number of nitrogens with one attached hydrogen (secondary N) is 1. The van der Waals surface area contributed by atoms with Crippen LogP contribution < -0.4 is 10.2 Å². The summed E-state index contributed by atoms with van der Waals surface area (Å²) in [4.78, 5) is 22.5. The van der Waals surface area contributed by atoms with E-state index in [1.54, 1.807) is 42.4 Å². The average molecular weight is 409 g/mol. The summed E-state index contributed by atoms with van der Waals surface area (Å²) in [5.74, 6) is 0.287. The zero-order chi connectivity index (χ0) is 19.4. The predicted octanol–water partition coefficient (Wildman–Crippen LogP) is 4.18. The van der Waals surface area contributed by atoms with Crippen molar-refractivity contribution in [2.24, 2.45) is 5.92 Å². The molecule has 0 bridgehead atoms. The Kier molecular flexibility index (Phi) is 6.52. The van der Waals surface area contributed by atoms with Gasteiger partial charge in [0, 0.05) is 24.8 Å². The fourth-order valence-electron chi connectivity index (χ4n) is 3.32. The standard InChI is InChI=1S/C19H22Cl2N4O2/c1-25(16-9-10-22-19(21)23-16)13-7-8-15(20)14(11-13)18(27)24-17(26)12-5-3-2-4-6-12/h7-12,17,26H,2-6H2,1H3,(H,24,27). The Morgan fingerprint density at radius 2 is 2.00 bits per heavy atom. The highest BCUT2D eigenvalue weighted by Gasteiger charge is 2.24. The van der Waals surface area contributed by atoms with Crippen LogP contribution in [0.1, 0.15) is 42.5 Å². The highest BCUT2D eigenvalue weighted by molar-refractivity contribution is 6.34. The smallest absolute Gasteiger partial charge is 0.254 e. The summed E-state index contributed by atoms with van der Waals surface area (Å²) in [6.45, 7) is 0. The van der Waals surface area contributed by atoms with Crippen LogP contribution in [0.25, 0.3) is 0 Å². The van der Waals surface area contributed by atoms with Crippen LogP contribution >= 0.6 is 23.2 Å². The Bertz CT molecular complexity index is 812. The molecule has 1 saturated carbocycles.